The van der Waals surface area contributed by atoms with Crippen molar-refractivity contribution in [1.29, 1.82) is 0 Å². The molecular weight excluding hydrogens is 276 g/mol. The zero-order chi connectivity index (χ0) is 15.2. The number of nitrogens with two attached hydrogens (primary N) is 1. The maximum atomic E-state index is 11.6. The summed E-state index contributed by atoms with van der Waals surface area (Å²) in [5, 5.41) is 0. The van der Waals surface area contributed by atoms with Gasteiger partial charge in [0.2, 0.25) is 11.8 Å². The minimum absolute atomic E-state index is 0.184. The third kappa shape index (κ3) is 3.40. The number of aromatic nitrogens is 1. The maximum Gasteiger partial charge on any atom is 0.360 e. The number of nitrogens with zero attached hydrogens (tertiary/aromatic N) is 1. The van der Waals surface area contributed by atoms with Gasteiger partial charge in [-0.15, -0.1) is 0 Å². The van der Waals surface area contributed by atoms with E-state index >= 15 is 0 Å². The summed E-state index contributed by atoms with van der Waals surface area (Å²) in [6, 6.07) is 9.67. The molecule has 2 N–H and O–H groups in total. The van der Waals surface area contributed by atoms with E-state index in [1.54, 1.807) is 30.3 Å². The van der Waals surface area contributed by atoms with Gasteiger partial charge in [-0.2, -0.15) is 10.9 Å². The highest BCUT2D eigenvalue weighted by Gasteiger charge is 2.15. The van der Waals surface area contributed by atoms with E-state index in [0.29, 0.717) is 11.6 Å². The molecule has 1 aromatic heterocycles. The van der Waals surface area contributed by atoms with Crippen LogP contribution in [0.5, 0.6) is 23.3 Å². The van der Waals surface area contributed by atoms with Gasteiger partial charge in [-0.3, -0.25) is 0 Å². The summed E-state index contributed by atoms with van der Waals surface area (Å²) in [6.45, 7) is 0. The Kier molecular flexibility index (Phi) is 4.57. The number of methoxy groups -OCH3 is 2. The highest BCUT2D eigenvalue weighted by Crippen LogP contribution is 2.29. The van der Waals surface area contributed by atoms with Crippen molar-refractivity contribution in [3.8, 4) is 23.3 Å². The molecule has 0 saturated carbocycles. The highest BCUT2D eigenvalue weighted by atomic mass is 16.7. The SMILES string of the molecule is COc1cc(OC)nc(Oc2ccccc2C(=O)ON)c1. The summed E-state index contributed by atoms with van der Waals surface area (Å²) < 4.78 is 15.8. The van der Waals surface area contributed by atoms with Crippen molar-refractivity contribution in [2.75, 3.05) is 14.2 Å². The normalized spacial score (nSPS) is 9.86. The van der Waals surface area contributed by atoms with Gasteiger partial charge < -0.3 is 19.0 Å². The second kappa shape index (κ2) is 6.58. The third-order valence-electron chi connectivity index (χ3n) is 2.63. The van der Waals surface area contributed by atoms with Gasteiger partial charge in [0.25, 0.3) is 0 Å². The molecular formula is C14H14N2O5. The quantitative estimate of drug-likeness (QED) is 0.841. The first-order chi connectivity index (χ1) is 10.2. The first-order valence-electron chi connectivity index (χ1n) is 5.96. The van der Waals surface area contributed by atoms with Crippen LogP contribution in [0.3, 0.4) is 0 Å². The zero-order valence-electron chi connectivity index (χ0n) is 11.5. The number of rotatable bonds is 5. The van der Waals surface area contributed by atoms with Crippen molar-refractivity contribution in [2.45, 2.75) is 0 Å². The lowest BCUT2D eigenvalue weighted by Crippen LogP contribution is -2.11. The molecule has 110 valence electrons. The molecule has 0 aliphatic carbocycles. The monoisotopic (exact) mass is 290 g/mol. The van der Waals surface area contributed by atoms with Crippen LogP contribution in [0.25, 0.3) is 0 Å². The number of carbonyl (C=O) groups excluding carboxylic acids is 1. The summed E-state index contributed by atoms with van der Waals surface area (Å²) in [6.07, 6.45) is 0. The number of benzene rings is 1. The molecule has 21 heavy (non-hydrogen) atoms. The molecule has 0 aliphatic rings. The lowest BCUT2D eigenvalue weighted by Gasteiger charge is -2.10. The Bertz CT molecular complexity index is 623. The topological polar surface area (TPSA) is 92.9 Å². The molecule has 7 heteroatoms. The van der Waals surface area contributed by atoms with Crippen LogP contribution in [-0.4, -0.2) is 25.2 Å². The highest BCUT2D eigenvalue weighted by molar-refractivity contribution is 5.92. The lowest BCUT2D eigenvalue weighted by atomic mass is 10.2. The van der Waals surface area contributed by atoms with E-state index in [2.05, 4.69) is 9.82 Å². The van der Waals surface area contributed by atoms with Crippen LogP contribution < -0.4 is 20.1 Å². The van der Waals surface area contributed by atoms with Crippen LogP contribution in [0, 0.1) is 0 Å². The first-order valence-corrected chi connectivity index (χ1v) is 5.96. The van der Waals surface area contributed by atoms with E-state index in [9.17, 15) is 4.79 Å². The minimum atomic E-state index is -0.708. The Morgan fingerprint density at radius 3 is 2.48 bits per heavy atom. The van der Waals surface area contributed by atoms with Gasteiger partial charge in [0.15, 0.2) is 0 Å². The molecule has 7 nitrogen and oxygen atoms in total. The minimum Gasteiger partial charge on any atom is -0.496 e. The fraction of sp³-hybridized carbons (Fsp3) is 0.143. The first kappa shape index (κ1) is 14.6. The van der Waals surface area contributed by atoms with Gasteiger partial charge in [-0.1, -0.05) is 12.1 Å². The second-order valence-electron chi connectivity index (χ2n) is 3.89. The fourth-order valence-electron chi connectivity index (χ4n) is 1.63. The van der Waals surface area contributed by atoms with Crippen molar-refractivity contribution < 1.29 is 23.8 Å². The zero-order valence-corrected chi connectivity index (χ0v) is 11.5. The van der Waals surface area contributed by atoms with Gasteiger partial charge in [-0.05, 0) is 12.1 Å². The molecule has 1 aromatic carbocycles. The number of pyridine rings is 1. The Morgan fingerprint density at radius 1 is 1.10 bits per heavy atom. The van der Waals surface area contributed by atoms with E-state index in [1.165, 1.54) is 20.3 Å². The molecule has 2 rings (SSSR count). The van der Waals surface area contributed by atoms with Crippen LogP contribution in [0.15, 0.2) is 36.4 Å². The number of carbonyl (C=O) groups is 1. The second-order valence-corrected chi connectivity index (χ2v) is 3.89. The van der Waals surface area contributed by atoms with Gasteiger partial charge in [0, 0.05) is 12.1 Å². The maximum absolute atomic E-state index is 11.6. The summed E-state index contributed by atoms with van der Waals surface area (Å²) >= 11 is 0. The third-order valence-corrected chi connectivity index (χ3v) is 2.63. The van der Waals surface area contributed by atoms with Gasteiger partial charge >= 0.3 is 5.97 Å². The predicted molar refractivity (Wildman–Crippen MR) is 73.5 cm³/mol. The molecule has 0 unspecified atom stereocenters. The van der Waals surface area contributed by atoms with Gasteiger partial charge in [-0.25, -0.2) is 4.79 Å². The summed E-state index contributed by atoms with van der Waals surface area (Å²) in [5.74, 6) is 5.49. The molecule has 0 atom stereocenters. The van der Waals surface area contributed by atoms with Crippen LogP contribution >= 0.6 is 0 Å². The molecule has 0 radical (unpaired) electrons. The van der Waals surface area contributed by atoms with Crippen molar-refractivity contribution in [3.05, 3.63) is 42.0 Å². The van der Waals surface area contributed by atoms with E-state index in [-0.39, 0.29) is 17.2 Å². The Balaban J connectivity index is 2.36. The van der Waals surface area contributed by atoms with Crippen LogP contribution in [-0.2, 0) is 4.84 Å². The van der Waals surface area contributed by atoms with E-state index in [0.717, 1.165) is 0 Å². The molecule has 0 amide bonds. The molecule has 2 aromatic rings. The predicted octanol–water partition coefficient (Wildman–Crippen LogP) is 1.92. The van der Waals surface area contributed by atoms with E-state index < -0.39 is 5.97 Å². The average Bonchev–Trinajstić information content (AvgIpc) is 2.54. The van der Waals surface area contributed by atoms with Crippen LogP contribution in [0.2, 0.25) is 0 Å². The van der Waals surface area contributed by atoms with Crippen molar-refractivity contribution >= 4 is 5.97 Å². The number of ether oxygens (including phenoxy) is 3. The van der Waals surface area contributed by atoms with Crippen molar-refractivity contribution in [3.63, 3.8) is 0 Å². The lowest BCUT2D eigenvalue weighted by molar-refractivity contribution is 0.0500. The van der Waals surface area contributed by atoms with Crippen LogP contribution in [0.4, 0.5) is 0 Å². The number of para-hydroxylation sites is 1. The number of hydrogen-bond donors (Lipinski definition) is 1. The molecule has 0 aliphatic heterocycles. The number of hydrogen-bond acceptors (Lipinski definition) is 7. The molecule has 0 spiro atoms. The molecule has 0 saturated heterocycles. The summed E-state index contributed by atoms with van der Waals surface area (Å²) in [5.41, 5.74) is 0.184. The van der Waals surface area contributed by atoms with E-state index in [1.807, 2.05) is 0 Å². The smallest absolute Gasteiger partial charge is 0.360 e. The average molecular weight is 290 g/mol. The molecule has 1 heterocycles. The Morgan fingerprint density at radius 2 is 1.81 bits per heavy atom. The van der Waals surface area contributed by atoms with Gasteiger partial charge in [0.1, 0.15) is 17.1 Å². The standard InChI is InChI=1S/C14H14N2O5/c1-18-9-7-12(19-2)16-13(8-9)20-11-6-4-3-5-10(11)14(17)21-15/h3-8H,15H2,1-2H3. The summed E-state index contributed by atoms with van der Waals surface area (Å²) in [4.78, 5) is 19.9. The van der Waals surface area contributed by atoms with Crippen LogP contribution in [0.1, 0.15) is 10.4 Å². The Hall–Kier alpha value is -2.80. The van der Waals surface area contributed by atoms with Crippen molar-refractivity contribution in [2.24, 2.45) is 5.90 Å². The summed E-state index contributed by atoms with van der Waals surface area (Å²) in [7, 11) is 2.99. The fourth-order valence-corrected chi connectivity index (χ4v) is 1.63. The largest absolute Gasteiger partial charge is 0.496 e. The molecule has 0 fully saturated rings. The van der Waals surface area contributed by atoms with Gasteiger partial charge in [0.05, 0.1) is 14.2 Å². The Labute approximate surface area is 121 Å². The molecule has 0 bridgehead atoms. The van der Waals surface area contributed by atoms with Crippen molar-refractivity contribution in [1.82, 2.24) is 4.98 Å². The van der Waals surface area contributed by atoms with E-state index in [4.69, 9.17) is 20.1 Å².